The van der Waals surface area contributed by atoms with Crippen molar-refractivity contribution >= 4 is 23.4 Å². The second-order valence-corrected chi connectivity index (χ2v) is 5.90. The van der Waals surface area contributed by atoms with E-state index in [0.717, 1.165) is 24.8 Å². The molecule has 19 heavy (non-hydrogen) atoms. The Bertz CT molecular complexity index is 451. The topological polar surface area (TPSA) is 41.1 Å². The molecule has 104 valence electrons. The van der Waals surface area contributed by atoms with Crippen molar-refractivity contribution in [2.24, 2.45) is 5.92 Å². The van der Waals surface area contributed by atoms with Crippen LogP contribution in [-0.4, -0.2) is 29.1 Å². The van der Waals surface area contributed by atoms with Gasteiger partial charge in [0.15, 0.2) is 5.82 Å². The molecule has 2 fully saturated rings. The molecule has 1 aromatic heterocycles. The molecule has 2 aliphatic rings. The Balaban J connectivity index is 1.89. The predicted octanol–water partition coefficient (Wildman–Crippen LogP) is 3.33. The molecule has 1 N–H and O–H groups in total. The van der Waals surface area contributed by atoms with E-state index in [1.54, 1.807) is 6.20 Å². The fourth-order valence-electron chi connectivity index (χ4n) is 3.52. The van der Waals surface area contributed by atoms with E-state index in [2.05, 4.69) is 20.2 Å². The number of nitrogens with one attached hydrogen (secondary N) is 1. The molecule has 2 atom stereocenters. The molecule has 0 radical (unpaired) electrons. The van der Waals surface area contributed by atoms with Crippen LogP contribution in [-0.2, 0) is 0 Å². The lowest BCUT2D eigenvalue weighted by Crippen LogP contribution is -2.43. The maximum atomic E-state index is 6.33. The van der Waals surface area contributed by atoms with Crippen LogP contribution in [0.15, 0.2) is 6.20 Å². The molecule has 1 saturated carbocycles. The van der Waals surface area contributed by atoms with Gasteiger partial charge in [0.2, 0.25) is 5.95 Å². The van der Waals surface area contributed by atoms with Gasteiger partial charge in [-0.15, -0.1) is 0 Å². The number of hydrogen-bond acceptors (Lipinski definition) is 4. The highest BCUT2D eigenvalue weighted by atomic mass is 35.5. The van der Waals surface area contributed by atoms with Crippen LogP contribution >= 0.6 is 11.6 Å². The number of hydrogen-bond donors (Lipinski definition) is 1. The standard InChI is InChI=1S/C14H21ClN4/c1-2-16-14-17-9-11(15)13(18-14)19-8-4-6-10-5-3-7-12(10)19/h9-10,12H,2-8H2,1H3,(H,16,17,18). The highest BCUT2D eigenvalue weighted by Crippen LogP contribution is 2.40. The van der Waals surface area contributed by atoms with Crippen molar-refractivity contribution in [3.8, 4) is 0 Å². The minimum absolute atomic E-state index is 0.635. The SMILES string of the molecule is CCNc1ncc(Cl)c(N2CCCC3CCCC32)n1. The molecule has 0 spiro atoms. The van der Waals surface area contributed by atoms with E-state index in [4.69, 9.17) is 11.6 Å². The molecular formula is C14H21ClN4. The van der Waals surface area contributed by atoms with Gasteiger partial charge in [-0.3, -0.25) is 0 Å². The normalized spacial score (nSPS) is 26.3. The summed E-state index contributed by atoms with van der Waals surface area (Å²) >= 11 is 6.33. The van der Waals surface area contributed by atoms with Crippen LogP contribution in [0.3, 0.4) is 0 Å². The van der Waals surface area contributed by atoms with Crippen molar-refractivity contribution in [2.75, 3.05) is 23.3 Å². The average Bonchev–Trinajstić information content (AvgIpc) is 2.89. The molecule has 2 unspecified atom stereocenters. The molecule has 1 aliphatic carbocycles. The molecule has 2 heterocycles. The van der Waals surface area contributed by atoms with Crippen LogP contribution in [0.5, 0.6) is 0 Å². The Morgan fingerprint density at radius 1 is 1.37 bits per heavy atom. The van der Waals surface area contributed by atoms with Gasteiger partial charge >= 0.3 is 0 Å². The van der Waals surface area contributed by atoms with Crippen molar-refractivity contribution in [1.29, 1.82) is 0 Å². The highest BCUT2D eigenvalue weighted by Gasteiger charge is 2.36. The first-order valence-corrected chi connectivity index (χ1v) is 7.70. The zero-order chi connectivity index (χ0) is 13.2. The van der Waals surface area contributed by atoms with E-state index in [1.165, 1.54) is 32.1 Å². The molecule has 5 heteroatoms. The molecule has 1 aromatic rings. The van der Waals surface area contributed by atoms with Gasteiger partial charge in [0.05, 0.1) is 6.20 Å². The number of halogens is 1. The summed E-state index contributed by atoms with van der Waals surface area (Å²) < 4.78 is 0. The minimum Gasteiger partial charge on any atom is -0.354 e. The van der Waals surface area contributed by atoms with Gasteiger partial charge in [-0.05, 0) is 38.5 Å². The first kappa shape index (κ1) is 13.0. The Hall–Kier alpha value is -1.03. The maximum Gasteiger partial charge on any atom is 0.224 e. The summed E-state index contributed by atoms with van der Waals surface area (Å²) in [5, 5.41) is 3.84. The van der Waals surface area contributed by atoms with Crippen LogP contribution in [0.2, 0.25) is 5.02 Å². The maximum absolute atomic E-state index is 6.33. The highest BCUT2D eigenvalue weighted by molar-refractivity contribution is 6.32. The third kappa shape index (κ3) is 2.50. The quantitative estimate of drug-likeness (QED) is 0.922. The number of rotatable bonds is 3. The fraction of sp³-hybridized carbons (Fsp3) is 0.714. The monoisotopic (exact) mass is 280 g/mol. The molecule has 4 nitrogen and oxygen atoms in total. The minimum atomic E-state index is 0.635. The molecule has 1 saturated heterocycles. The number of nitrogens with zero attached hydrogens (tertiary/aromatic N) is 3. The molecule has 0 aromatic carbocycles. The summed E-state index contributed by atoms with van der Waals surface area (Å²) in [5.41, 5.74) is 0. The average molecular weight is 281 g/mol. The van der Waals surface area contributed by atoms with E-state index >= 15 is 0 Å². The Morgan fingerprint density at radius 2 is 2.21 bits per heavy atom. The van der Waals surface area contributed by atoms with Gasteiger partial charge in [-0.1, -0.05) is 18.0 Å². The summed E-state index contributed by atoms with van der Waals surface area (Å²) in [4.78, 5) is 11.3. The smallest absolute Gasteiger partial charge is 0.224 e. The Labute approximate surface area is 119 Å². The summed E-state index contributed by atoms with van der Waals surface area (Å²) in [6.45, 7) is 3.95. The first-order chi connectivity index (χ1) is 9.29. The summed E-state index contributed by atoms with van der Waals surface area (Å²) in [5.74, 6) is 2.44. The van der Waals surface area contributed by atoms with Crippen LogP contribution < -0.4 is 10.2 Å². The van der Waals surface area contributed by atoms with Crippen molar-refractivity contribution in [3.05, 3.63) is 11.2 Å². The lowest BCUT2D eigenvalue weighted by atomic mass is 9.92. The molecule has 1 aliphatic heterocycles. The van der Waals surface area contributed by atoms with Gasteiger partial charge in [0.25, 0.3) is 0 Å². The van der Waals surface area contributed by atoms with Crippen LogP contribution in [0.1, 0.15) is 39.0 Å². The third-order valence-electron chi connectivity index (χ3n) is 4.33. The predicted molar refractivity (Wildman–Crippen MR) is 78.9 cm³/mol. The second kappa shape index (κ2) is 5.53. The summed E-state index contributed by atoms with van der Waals surface area (Å²) in [7, 11) is 0. The van der Waals surface area contributed by atoms with Crippen LogP contribution in [0.4, 0.5) is 11.8 Å². The lowest BCUT2D eigenvalue weighted by molar-refractivity contribution is 0.360. The fourth-order valence-corrected chi connectivity index (χ4v) is 3.72. The van der Waals surface area contributed by atoms with E-state index < -0.39 is 0 Å². The first-order valence-electron chi connectivity index (χ1n) is 7.32. The Kier molecular flexibility index (Phi) is 3.78. The van der Waals surface area contributed by atoms with Crippen LogP contribution in [0.25, 0.3) is 0 Å². The number of fused-ring (bicyclic) bond motifs is 1. The number of piperidine rings is 1. The lowest BCUT2D eigenvalue weighted by Gasteiger charge is -2.39. The van der Waals surface area contributed by atoms with Crippen LogP contribution in [0, 0.1) is 5.92 Å². The third-order valence-corrected chi connectivity index (χ3v) is 4.59. The summed E-state index contributed by atoms with van der Waals surface area (Å²) in [6, 6.07) is 0.635. The van der Waals surface area contributed by atoms with Gasteiger partial charge in [-0.25, -0.2) is 4.98 Å². The van der Waals surface area contributed by atoms with E-state index in [9.17, 15) is 0 Å². The number of aromatic nitrogens is 2. The van der Waals surface area contributed by atoms with Gasteiger partial charge in [-0.2, -0.15) is 4.98 Å². The molecule has 3 rings (SSSR count). The van der Waals surface area contributed by atoms with Gasteiger partial charge in [0, 0.05) is 19.1 Å². The Morgan fingerprint density at radius 3 is 3.05 bits per heavy atom. The van der Waals surface area contributed by atoms with E-state index in [-0.39, 0.29) is 0 Å². The zero-order valence-corrected chi connectivity index (χ0v) is 12.2. The van der Waals surface area contributed by atoms with E-state index in [0.29, 0.717) is 17.0 Å². The molecule has 0 bridgehead atoms. The second-order valence-electron chi connectivity index (χ2n) is 5.49. The van der Waals surface area contributed by atoms with E-state index in [1.807, 2.05) is 6.92 Å². The van der Waals surface area contributed by atoms with Gasteiger partial charge < -0.3 is 10.2 Å². The van der Waals surface area contributed by atoms with Crippen molar-refractivity contribution in [3.63, 3.8) is 0 Å². The van der Waals surface area contributed by atoms with Crippen molar-refractivity contribution in [1.82, 2.24) is 9.97 Å². The van der Waals surface area contributed by atoms with Gasteiger partial charge in [0.1, 0.15) is 5.02 Å². The molecule has 0 amide bonds. The van der Waals surface area contributed by atoms with Crippen molar-refractivity contribution in [2.45, 2.75) is 45.1 Å². The number of anilines is 2. The van der Waals surface area contributed by atoms with Crippen molar-refractivity contribution < 1.29 is 0 Å². The zero-order valence-electron chi connectivity index (χ0n) is 11.4. The molecular weight excluding hydrogens is 260 g/mol. The summed E-state index contributed by atoms with van der Waals surface area (Å²) in [6.07, 6.45) is 8.32. The largest absolute Gasteiger partial charge is 0.354 e.